The lowest BCUT2D eigenvalue weighted by Crippen LogP contribution is -2.50. The van der Waals surface area contributed by atoms with E-state index in [1.807, 2.05) is 0 Å². The molecule has 1 aliphatic rings. The van der Waals surface area contributed by atoms with Gasteiger partial charge in [-0.05, 0) is 24.3 Å². The van der Waals surface area contributed by atoms with Gasteiger partial charge in [-0.1, -0.05) is 35.9 Å². The first-order valence-electron chi connectivity index (χ1n) is 8.12. The summed E-state index contributed by atoms with van der Waals surface area (Å²) >= 11 is 6.04. The van der Waals surface area contributed by atoms with Gasteiger partial charge >= 0.3 is 0 Å². The van der Waals surface area contributed by atoms with Crippen LogP contribution in [0.15, 0.2) is 53.4 Å². The van der Waals surface area contributed by atoms with Crippen molar-refractivity contribution in [2.24, 2.45) is 0 Å². The molecular formula is C18H19ClN2O4S. The highest BCUT2D eigenvalue weighted by molar-refractivity contribution is 7.89. The van der Waals surface area contributed by atoms with E-state index >= 15 is 0 Å². The third-order valence-electron chi connectivity index (χ3n) is 4.32. The van der Waals surface area contributed by atoms with Crippen molar-refractivity contribution in [1.29, 1.82) is 0 Å². The molecule has 1 saturated heterocycles. The smallest absolute Gasteiger partial charge is 0.257 e. The lowest BCUT2D eigenvalue weighted by atomic mass is 10.1. The van der Waals surface area contributed by atoms with Gasteiger partial charge in [-0.2, -0.15) is 4.31 Å². The zero-order valence-electron chi connectivity index (χ0n) is 14.3. The lowest BCUT2D eigenvalue weighted by Gasteiger charge is -2.34. The van der Waals surface area contributed by atoms with Gasteiger partial charge in [0, 0.05) is 26.2 Å². The van der Waals surface area contributed by atoms with E-state index in [1.54, 1.807) is 47.4 Å². The minimum absolute atomic E-state index is 0.0890. The highest BCUT2D eigenvalue weighted by Crippen LogP contribution is 2.26. The van der Waals surface area contributed by atoms with Crippen LogP contribution in [0.5, 0.6) is 5.75 Å². The summed E-state index contributed by atoms with van der Waals surface area (Å²) in [4.78, 5) is 14.4. The number of carbonyl (C=O) groups is 1. The second kappa shape index (κ2) is 7.65. The molecule has 8 heteroatoms. The van der Waals surface area contributed by atoms with Crippen molar-refractivity contribution < 1.29 is 17.9 Å². The largest absolute Gasteiger partial charge is 0.496 e. The van der Waals surface area contributed by atoms with E-state index in [-0.39, 0.29) is 28.9 Å². The van der Waals surface area contributed by atoms with Crippen molar-refractivity contribution >= 4 is 27.5 Å². The van der Waals surface area contributed by atoms with E-state index in [0.717, 1.165) is 0 Å². The normalized spacial score (nSPS) is 15.7. The van der Waals surface area contributed by atoms with E-state index in [9.17, 15) is 13.2 Å². The predicted octanol–water partition coefficient (Wildman–Crippen LogP) is 2.50. The van der Waals surface area contributed by atoms with E-state index in [4.69, 9.17) is 16.3 Å². The molecule has 0 radical (unpaired) electrons. The van der Waals surface area contributed by atoms with Crippen LogP contribution in [0.3, 0.4) is 0 Å². The second-order valence-electron chi connectivity index (χ2n) is 5.83. The molecule has 0 aromatic heterocycles. The van der Waals surface area contributed by atoms with Crippen LogP contribution in [0, 0.1) is 0 Å². The molecule has 138 valence electrons. The molecule has 1 fully saturated rings. The number of halogens is 1. The van der Waals surface area contributed by atoms with Crippen LogP contribution in [-0.4, -0.2) is 56.8 Å². The van der Waals surface area contributed by atoms with Crippen molar-refractivity contribution in [3.8, 4) is 5.75 Å². The Bertz CT molecular complexity index is 909. The van der Waals surface area contributed by atoms with Crippen molar-refractivity contribution in [2.75, 3.05) is 33.3 Å². The summed E-state index contributed by atoms with van der Waals surface area (Å²) in [6, 6.07) is 13.4. The van der Waals surface area contributed by atoms with E-state index < -0.39 is 10.0 Å². The minimum atomic E-state index is -3.68. The molecular weight excluding hydrogens is 376 g/mol. The summed E-state index contributed by atoms with van der Waals surface area (Å²) < 4.78 is 32.1. The topological polar surface area (TPSA) is 66.9 Å². The van der Waals surface area contributed by atoms with Crippen molar-refractivity contribution in [3.63, 3.8) is 0 Å². The number of methoxy groups -OCH3 is 1. The summed E-state index contributed by atoms with van der Waals surface area (Å²) in [7, 11) is -2.17. The number of benzene rings is 2. The molecule has 0 spiro atoms. The van der Waals surface area contributed by atoms with Gasteiger partial charge < -0.3 is 9.64 Å². The number of nitrogens with zero attached hydrogens (tertiary/aromatic N) is 2. The third-order valence-corrected chi connectivity index (χ3v) is 6.72. The SMILES string of the molecule is COc1ccccc1C(=O)N1CCN(S(=O)(=O)c2ccccc2Cl)CC1. The van der Waals surface area contributed by atoms with Crippen LogP contribution in [0.1, 0.15) is 10.4 Å². The van der Waals surface area contributed by atoms with Crippen LogP contribution in [0.4, 0.5) is 0 Å². The number of hydrogen-bond acceptors (Lipinski definition) is 4. The molecule has 0 aliphatic carbocycles. The van der Waals surface area contributed by atoms with Gasteiger partial charge in [-0.3, -0.25) is 4.79 Å². The fraction of sp³-hybridized carbons (Fsp3) is 0.278. The Kier molecular flexibility index (Phi) is 5.50. The number of piperazine rings is 1. The standard InChI is InChI=1S/C18H19ClN2O4S/c1-25-16-8-4-2-6-14(16)18(22)20-10-12-21(13-11-20)26(23,24)17-9-5-3-7-15(17)19/h2-9H,10-13H2,1H3. The Morgan fingerprint density at radius 3 is 2.27 bits per heavy atom. The molecule has 3 rings (SSSR count). The van der Waals surface area contributed by atoms with Crippen molar-refractivity contribution in [3.05, 3.63) is 59.1 Å². The predicted molar refractivity (Wildman–Crippen MR) is 99.1 cm³/mol. The maximum atomic E-state index is 12.8. The quantitative estimate of drug-likeness (QED) is 0.799. The van der Waals surface area contributed by atoms with Crippen molar-refractivity contribution in [1.82, 2.24) is 9.21 Å². The number of para-hydroxylation sites is 1. The highest BCUT2D eigenvalue weighted by Gasteiger charge is 2.32. The third kappa shape index (κ3) is 3.56. The monoisotopic (exact) mass is 394 g/mol. The molecule has 0 atom stereocenters. The number of hydrogen-bond donors (Lipinski definition) is 0. The van der Waals surface area contributed by atoms with Gasteiger partial charge in [0.15, 0.2) is 0 Å². The van der Waals surface area contributed by atoms with Gasteiger partial charge in [-0.25, -0.2) is 8.42 Å². The van der Waals surface area contributed by atoms with E-state index in [1.165, 1.54) is 17.5 Å². The summed E-state index contributed by atoms with van der Waals surface area (Å²) in [6.07, 6.45) is 0. The molecule has 0 bridgehead atoms. The molecule has 0 unspecified atom stereocenters. The maximum Gasteiger partial charge on any atom is 0.257 e. The summed E-state index contributed by atoms with van der Waals surface area (Å²) in [6.45, 7) is 1.05. The van der Waals surface area contributed by atoms with Crippen LogP contribution in [-0.2, 0) is 10.0 Å². The Morgan fingerprint density at radius 1 is 1.00 bits per heavy atom. The average Bonchev–Trinajstić information content (AvgIpc) is 2.67. The van der Waals surface area contributed by atoms with Crippen LogP contribution >= 0.6 is 11.6 Å². The molecule has 0 saturated carbocycles. The minimum Gasteiger partial charge on any atom is -0.496 e. The number of amides is 1. The highest BCUT2D eigenvalue weighted by atomic mass is 35.5. The fourth-order valence-electron chi connectivity index (χ4n) is 2.92. The number of rotatable bonds is 4. The maximum absolute atomic E-state index is 12.8. The summed E-state index contributed by atoms with van der Waals surface area (Å²) in [5.41, 5.74) is 0.470. The summed E-state index contributed by atoms with van der Waals surface area (Å²) in [5.74, 6) is 0.334. The molecule has 1 amide bonds. The Balaban J connectivity index is 1.73. The molecule has 26 heavy (non-hydrogen) atoms. The number of carbonyl (C=O) groups excluding carboxylic acids is 1. The van der Waals surface area contributed by atoms with Gasteiger partial charge in [0.1, 0.15) is 10.6 Å². The van der Waals surface area contributed by atoms with Crippen molar-refractivity contribution in [2.45, 2.75) is 4.90 Å². The summed E-state index contributed by atoms with van der Waals surface area (Å²) in [5, 5.41) is 0.194. The molecule has 6 nitrogen and oxygen atoms in total. The van der Waals surface area contributed by atoms with Gasteiger partial charge in [0.2, 0.25) is 10.0 Å². The molecule has 0 N–H and O–H groups in total. The molecule has 1 heterocycles. The first kappa shape index (κ1) is 18.7. The fourth-order valence-corrected chi connectivity index (χ4v) is 4.83. The molecule has 1 aliphatic heterocycles. The zero-order chi connectivity index (χ0) is 18.7. The average molecular weight is 395 g/mol. The Labute approximate surface area is 158 Å². The zero-order valence-corrected chi connectivity index (χ0v) is 15.8. The lowest BCUT2D eigenvalue weighted by molar-refractivity contribution is 0.0694. The van der Waals surface area contributed by atoms with E-state index in [0.29, 0.717) is 24.4 Å². The van der Waals surface area contributed by atoms with E-state index in [2.05, 4.69) is 0 Å². The van der Waals surface area contributed by atoms with Gasteiger partial charge in [0.05, 0.1) is 17.7 Å². The van der Waals surface area contributed by atoms with Crippen LogP contribution < -0.4 is 4.74 Å². The van der Waals surface area contributed by atoms with Crippen LogP contribution in [0.25, 0.3) is 0 Å². The number of ether oxygens (including phenoxy) is 1. The first-order chi connectivity index (χ1) is 12.4. The van der Waals surface area contributed by atoms with Crippen LogP contribution in [0.2, 0.25) is 5.02 Å². The second-order valence-corrected chi connectivity index (χ2v) is 8.14. The Morgan fingerprint density at radius 2 is 1.62 bits per heavy atom. The van der Waals surface area contributed by atoms with Gasteiger partial charge in [-0.15, -0.1) is 0 Å². The molecule has 2 aromatic rings. The van der Waals surface area contributed by atoms with Gasteiger partial charge in [0.25, 0.3) is 5.91 Å². The molecule has 2 aromatic carbocycles. The number of sulfonamides is 1. The first-order valence-corrected chi connectivity index (χ1v) is 9.94. The Hall–Kier alpha value is -2.09.